The average molecular weight is 328 g/mol. The molecule has 2 aromatic heterocycles. The Balaban J connectivity index is 1.72. The average Bonchev–Trinajstić information content (AvgIpc) is 2.84. The highest BCUT2D eigenvalue weighted by Gasteiger charge is 2.18. The van der Waals surface area contributed by atoms with Crippen molar-refractivity contribution in [1.82, 2.24) is 4.98 Å². The van der Waals surface area contributed by atoms with E-state index in [0.717, 1.165) is 5.39 Å². The summed E-state index contributed by atoms with van der Waals surface area (Å²) in [6.07, 6.45) is -0.787. The molecule has 0 saturated carbocycles. The molecule has 24 heavy (non-hydrogen) atoms. The standard InChI is InChI=1S/C17H16N2O5/c1-9-10(2)23-17(18-9)19-16(21)11(3)22-13-6-4-12-5-7-15(20)24-14(12)8-13/h4-8,11H,1-3H3,(H,18,19,21). The van der Waals surface area contributed by atoms with Crippen LogP contribution in [0.15, 0.2) is 44.0 Å². The number of benzene rings is 1. The van der Waals surface area contributed by atoms with E-state index >= 15 is 0 Å². The summed E-state index contributed by atoms with van der Waals surface area (Å²) in [5, 5.41) is 3.32. The van der Waals surface area contributed by atoms with Gasteiger partial charge in [-0.2, -0.15) is 4.98 Å². The van der Waals surface area contributed by atoms with Crippen LogP contribution in [0.3, 0.4) is 0 Å². The summed E-state index contributed by atoms with van der Waals surface area (Å²) < 4.78 is 16.0. The predicted molar refractivity (Wildman–Crippen MR) is 87.2 cm³/mol. The first kappa shape index (κ1) is 15.8. The highest BCUT2D eigenvalue weighted by Crippen LogP contribution is 2.21. The zero-order valence-corrected chi connectivity index (χ0v) is 13.5. The van der Waals surface area contributed by atoms with Gasteiger partial charge >= 0.3 is 11.6 Å². The van der Waals surface area contributed by atoms with E-state index in [-0.39, 0.29) is 6.01 Å². The van der Waals surface area contributed by atoms with Gasteiger partial charge in [0.15, 0.2) is 6.10 Å². The number of nitrogens with one attached hydrogen (secondary N) is 1. The van der Waals surface area contributed by atoms with Crippen molar-refractivity contribution >= 4 is 22.9 Å². The van der Waals surface area contributed by atoms with E-state index < -0.39 is 17.6 Å². The summed E-state index contributed by atoms with van der Waals surface area (Å²) in [7, 11) is 0. The number of fused-ring (bicyclic) bond motifs is 1. The Hall–Kier alpha value is -3.09. The van der Waals surface area contributed by atoms with Gasteiger partial charge < -0.3 is 13.6 Å². The molecule has 0 saturated heterocycles. The van der Waals surface area contributed by atoms with Crippen LogP contribution in [0.25, 0.3) is 11.0 Å². The molecule has 124 valence electrons. The molecule has 0 aliphatic carbocycles. The molecule has 0 fully saturated rings. The monoisotopic (exact) mass is 328 g/mol. The second-order valence-electron chi connectivity index (χ2n) is 5.36. The van der Waals surface area contributed by atoms with Crippen LogP contribution in [0.1, 0.15) is 18.4 Å². The molecule has 0 aliphatic rings. The number of hydrogen-bond donors (Lipinski definition) is 1. The molecule has 0 radical (unpaired) electrons. The molecule has 0 aliphatic heterocycles. The maximum absolute atomic E-state index is 12.1. The van der Waals surface area contributed by atoms with Crippen molar-refractivity contribution in [2.45, 2.75) is 26.9 Å². The number of nitrogens with zero attached hydrogens (tertiary/aromatic N) is 1. The lowest BCUT2D eigenvalue weighted by atomic mass is 10.2. The molecular weight excluding hydrogens is 312 g/mol. The lowest BCUT2D eigenvalue weighted by Crippen LogP contribution is -2.30. The molecule has 1 N–H and O–H groups in total. The van der Waals surface area contributed by atoms with Crippen molar-refractivity contribution in [3.8, 4) is 5.75 Å². The van der Waals surface area contributed by atoms with Gasteiger partial charge in [0, 0.05) is 17.5 Å². The number of carbonyl (C=O) groups is 1. The van der Waals surface area contributed by atoms with Crippen LogP contribution < -0.4 is 15.7 Å². The Morgan fingerprint density at radius 3 is 2.67 bits per heavy atom. The van der Waals surface area contributed by atoms with E-state index in [2.05, 4.69) is 10.3 Å². The fourth-order valence-electron chi connectivity index (χ4n) is 2.11. The first-order valence-corrected chi connectivity index (χ1v) is 7.38. The number of rotatable bonds is 4. The minimum Gasteiger partial charge on any atom is -0.481 e. The summed E-state index contributed by atoms with van der Waals surface area (Å²) in [6, 6.07) is 8.16. The molecule has 1 unspecified atom stereocenters. The van der Waals surface area contributed by atoms with Crippen molar-refractivity contribution < 1.29 is 18.4 Å². The van der Waals surface area contributed by atoms with Crippen LogP contribution in [0, 0.1) is 13.8 Å². The van der Waals surface area contributed by atoms with Crippen molar-refractivity contribution in [2.24, 2.45) is 0 Å². The minimum absolute atomic E-state index is 0.134. The Kier molecular flexibility index (Phi) is 4.07. The van der Waals surface area contributed by atoms with Crippen molar-refractivity contribution in [3.05, 3.63) is 52.2 Å². The molecule has 1 amide bonds. The third-order valence-corrected chi connectivity index (χ3v) is 3.54. The molecule has 1 atom stereocenters. The second kappa shape index (κ2) is 6.19. The van der Waals surface area contributed by atoms with Gasteiger partial charge in [-0.15, -0.1) is 0 Å². The van der Waals surface area contributed by atoms with E-state index in [0.29, 0.717) is 22.8 Å². The largest absolute Gasteiger partial charge is 0.481 e. The zero-order valence-electron chi connectivity index (χ0n) is 13.5. The highest BCUT2D eigenvalue weighted by molar-refractivity contribution is 5.92. The molecule has 7 heteroatoms. The molecule has 0 bridgehead atoms. The topological polar surface area (TPSA) is 94.6 Å². The first-order chi connectivity index (χ1) is 11.4. The van der Waals surface area contributed by atoms with Gasteiger partial charge in [-0.25, -0.2) is 4.79 Å². The van der Waals surface area contributed by atoms with Gasteiger partial charge in [-0.05, 0) is 39.0 Å². The van der Waals surface area contributed by atoms with E-state index in [4.69, 9.17) is 13.6 Å². The van der Waals surface area contributed by atoms with Gasteiger partial charge in [0.1, 0.15) is 17.1 Å². The molecular formula is C17H16N2O5. The summed E-state index contributed by atoms with van der Waals surface area (Å²) in [5.74, 6) is 0.661. The number of carbonyl (C=O) groups excluding carboxylic acids is 1. The Morgan fingerprint density at radius 1 is 1.21 bits per heavy atom. The van der Waals surface area contributed by atoms with Crippen molar-refractivity contribution in [3.63, 3.8) is 0 Å². The van der Waals surface area contributed by atoms with E-state index in [1.165, 1.54) is 6.07 Å². The maximum atomic E-state index is 12.1. The van der Waals surface area contributed by atoms with E-state index in [1.54, 1.807) is 45.0 Å². The van der Waals surface area contributed by atoms with Crippen LogP contribution in [0.2, 0.25) is 0 Å². The normalized spacial score (nSPS) is 12.1. The number of ether oxygens (including phenoxy) is 1. The number of anilines is 1. The Morgan fingerprint density at radius 2 is 1.96 bits per heavy atom. The molecule has 1 aromatic carbocycles. The van der Waals surface area contributed by atoms with Gasteiger partial charge in [0.05, 0.1) is 5.69 Å². The Labute approximate surface area is 137 Å². The van der Waals surface area contributed by atoms with Crippen molar-refractivity contribution in [2.75, 3.05) is 5.32 Å². The number of hydrogen-bond acceptors (Lipinski definition) is 6. The number of aromatic nitrogens is 1. The van der Waals surface area contributed by atoms with Gasteiger partial charge in [-0.3, -0.25) is 10.1 Å². The number of oxazole rings is 1. The summed E-state index contributed by atoms with van der Waals surface area (Å²) >= 11 is 0. The van der Waals surface area contributed by atoms with Gasteiger partial charge in [0.2, 0.25) is 0 Å². The summed E-state index contributed by atoms with van der Waals surface area (Å²) in [4.78, 5) is 27.5. The molecule has 3 aromatic rings. The quantitative estimate of drug-likeness (QED) is 0.740. The van der Waals surface area contributed by atoms with Crippen LogP contribution >= 0.6 is 0 Å². The van der Waals surface area contributed by atoms with E-state index in [9.17, 15) is 9.59 Å². The first-order valence-electron chi connectivity index (χ1n) is 7.38. The molecule has 7 nitrogen and oxygen atoms in total. The van der Waals surface area contributed by atoms with Crippen LogP contribution in [-0.4, -0.2) is 17.0 Å². The second-order valence-corrected chi connectivity index (χ2v) is 5.36. The number of amides is 1. The predicted octanol–water partition coefficient (Wildman–Crippen LogP) is 2.80. The zero-order chi connectivity index (χ0) is 17.3. The number of aryl methyl sites for hydroxylation is 2. The molecule has 0 spiro atoms. The Bertz CT molecular complexity index is 938. The highest BCUT2D eigenvalue weighted by atomic mass is 16.5. The third kappa shape index (κ3) is 3.29. The fourth-order valence-corrected chi connectivity index (χ4v) is 2.11. The molecule has 2 heterocycles. The van der Waals surface area contributed by atoms with Crippen LogP contribution in [0.4, 0.5) is 6.01 Å². The minimum atomic E-state index is -0.787. The molecule has 3 rings (SSSR count). The van der Waals surface area contributed by atoms with Crippen LogP contribution in [-0.2, 0) is 4.79 Å². The fraction of sp³-hybridized carbons (Fsp3) is 0.235. The van der Waals surface area contributed by atoms with Crippen molar-refractivity contribution in [1.29, 1.82) is 0 Å². The summed E-state index contributed by atoms with van der Waals surface area (Å²) in [5.41, 5.74) is 0.662. The lowest BCUT2D eigenvalue weighted by Gasteiger charge is -2.13. The maximum Gasteiger partial charge on any atom is 0.336 e. The lowest BCUT2D eigenvalue weighted by molar-refractivity contribution is -0.122. The summed E-state index contributed by atoms with van der Waals surface area (Å²) in [6.45, 7) is 5.15. The van der Waals surface area contributed by atoms with Gasteiger partial charge in [-0.1, -0.05) is 0 Å². The smallest absolute Gasteiger partial charge is 0.336 e. The SMILES string of the molecule is Cc1nc(NC(=O)C(C)Oc2ccc3ccc(=O)oc3c2)oc1C. The van der Waals surface area contributed by atoms with Crippen LogP contribution in [0.5, 0.6) is 5.75 Å². The van der Waals surface area contributed by atoms with Gasteiger partial charge in [0.25, 0.3) is 5.91 Å². The third-order valence-electron chi connectivity index (χ3n) is 3.54. The van der Waals surface area contributed by atoms with E-state index in [1.807, 2.05) is 0 Å².